The van der Waals surface area contributed by atoms with Crippen LogP contribution in [-0.4, -0.2) is 49.2 Å². The van der Waals surface area contributed by atoms with E-state index in [0.29, 0.717) is 6.54 Å². The van der Waals surface area contributed by atoms with Crippen LogP contribution in [0.25, 0.3) is 0 Å². The molecule has 100 valence electrons. The summed E-state index contributed by atoms with van der Waals surface area (Å²) in [4.78, 5) is 13.8. The predicted octanol–water partition coefficient (Wildman–Crippen LogP) is 0.660. The number of hydrogen-bond donors (Lipinski definition) is 1. The lowest BCUT2D eigenvalue weighted by molar-refractivity contribution is -0.130. The number of nitrogens with one attached hydrogen (secondary N) is 1. The van der Waals surface area contributed by atoms with Gasteiger partial charge in [0.25, 0.3) is 0 Å². The molecule has 5 heteroatoms. The molecule has 1 N–H and O–H groups in total. The van der Waals surface area contributed by atoms with Gasteiger partial charge in [-0.2, -0.15) is 5.26 Å². The van der Waals surface area contributed by atoms with Gasteiger partial charge in [0, 0.05) is 26.2 Å². The van der Waals surface area contributed by atoms with E-state index in [1.54, 1.807) is 0 Å². The lowest BCUT2D eigenvalue weighted by atomic mass is 10.2. The Morgan fingerprint density at radius 3 is 2.83 bits per heavy atom. The molecule has 2 unspecified atom stereocenters. The first-order chi connectivity index (χ1) is 8.79. The minimum absolute atomic E-state index is 0.0962. The first-order valence-corrected chi connectivity index (χ1v) is 6.82. The van der Waals surface area contributed by atoms with E-state index in [-0.39, 0.29) is 24.5 Å². The topological polar surface area (TPSA) is 65.4 Å². The monoisotopic (exact) mass is 251 g/mol. The molecule has 2 heterocycles. The van der Waals surface area contributed by atoms with Crippen molar-refractivity contribution in [3.63, 3.8) is 0 Å². The molecule has 0 aliphatic carbocycles. The second-order valence-corrected chi connectivity index (χ2v) is 5.02. The highest BCUT2D eigenvalue weighted by Gasteiger charge is 2.23. The van der Waals surface area contributed by atoms with Gasteiger partial charge < -0.3 is 9.64 Å². The van der Waals surface area contributed by atoms with Crippen LogP contribution in [0.5, 0.6) is 0 Å². The van der Waals surface area contributed by atoms with E-state index in [2.05, 4.69) is 11.4 Å². The van der Waals surface area contributed by atoms with Crippen molar-refractivity contribution in [3.8, 4) is 6.07 Å². The second-order valence-electron chi connectivity index (χ2n) is 5.02. The van der Waals surface area contributed by atoms with Gasteiger partial charge in [-0.1, -0.05) is 0 Å². The number of rotatable bonds is 5. The first kappa shape index (κ1) is 13.3. The third kappa shape index (κ3) is 3.69. The number of likely N-dealkylation sites (tertiary alicyclic amines) is 1. The zero-order valence-corrected chi connectivity index (χ0v) is 10.7. The molecule has 2 fully saturated rings. The highest BCUT2D eigenvalue weighted by molar-refractivity contribution is 5.77. The third-order valence-corrected chi connectivity index (χ3v) is 3.61. The Morgan fingerprint density at radius 2 is 2.22 bits per heavy atom. The highest BCUT2D eigenvalue weighted by Crippen LogP contribution is 2.12. The Morgan fingerprint density at radius 1 is 1.44 bits per heavy atom. The van der Waals surface area contributed by atoms with Crippen molar-refractivity contribution in [2.45, 2.75) is 44.2 Å². The molecule has 0 saturated carbocycles. The largest absolute Gasteiger partial charge is 0.377 e. The van der Waals surface area contributed by atoms with Gasteiger partial charge in [0.1, 0.15) is 6.04 Å². The number of amides is 1. The van der Waals surface area contributed by atoms with Crippen molar-refractivity contribution in [2.24, 2.45) is 0 Å². The van der Waals surface area contributed by atoms with Crippen LogP contribution in [0.3, 0.4) is 0 Å². The minimum Gasteiger partial charge on any atom is -0.377 e. The van der Waals surface area contributed by atoms with Crippen molar-refractivity contribution >= 4 is 5.91 Å². The highest BCUT2D eigenvalue weighted by atomic mass is 16.5. The molecule has 0 spiro atoms. The number of hydrogen-bond acceptors (Lipinski definition) is 4. The summed E-state index contributed by atoms with van der Waals surface area (Å²) in [6.45, 7) is 3.19. The van der Waals surface area contributed by atoms with Gasteiger partial charge in [-0.3, -0.25) is 10.1 Å². The van der Waals surface area contributed by atoms with Gasteiger partial charge in [-0.15, -0.1) is 0 Å². The Labute approximate surface area is 108 Å². The quantitative estimate of drug-likeness (QED) is 0.779. The van der Waals surface area contributed by atoms with Crippen LogP contribution in [0, 0.1) is 11.3 Å². The minimum atomic E-state index is -0.387. The van der Waals surface area contributed by atoms with E-state index < -0.39 is 0 Å². The fourth-order valence-corrected chi connectivity index (χ4v) is 2.51. The molecule has 0 radical (unpaired) electrons. The van der Waals surface area contributed by atoms with E-state index in [4.69, 9.17) is 10.00 Å². The zero-order valence-electron chi connectivity index (χ0n) is 10.7. The Kier molecular flexibility index (Phi) is 4.97. The SMILES string of the molecule is N#CC(CC(=O)N1CCCC1)NCC1CCCO1. The van der Waals surface area contributed by atoms with Crippen LogP contribution in [0.4, 0.5) is 0 Å². The maximum Gasteiger partial charge on any atom is 0.225 e. The molecule has 0 aromatic carbocycles. The Hall–Kier alpha value is -1.12. The van der Waals surface area contributed by atoms with Gasteiger partial charge in [-0.05, 0) is 25.7 Å². The summed E-state index contributed by atoms with van der Waals surface area (Å²) in [5.74, 6) is 0.0962. The van der Waals surface area contributed by atoms with E-state index in [1.807, 2.05) is 4.90 Å². The summed E-state index contributed by atoms with van der Waals surface area (Å²) in [5.41, 5.74) is 0. The average molecular weight is 251 g/mol. The summed E-state index contributed by atoms with van der Waals surface area (Å²) in [6.07, 6.45) is 4.81. The second kappa shape index (κ2) is 6.72. The van der Waals surface area contributed by atoms with Gasteiger partial charge in [0.2, 0.25) is 5.91 Å². The maximum atomic E-state index is 11.9. The molecular formula is C13H21N3O2. The molecule has 2 atom stereocenters. The molecule has 2 aliphatic heterocycles. The molecule has 0 aromatic rings. The fourth-order valence-electron chi connectivity index (χ4n) is 2.51. The first-order valence-electron chi connectivity index (χ1n) is 6.82. The number of carbonyl (C=O) groups excluding carboxylic acids is 1. The predicted molar refractivity (Wildman–Crippen MR) is 66.8 cm³/mol. The van der Waals surface area contributed by atoms with Gasteiger partial charge in [0.05, 0.1) is 18.6 Å². The van der Waals surface area contributed by atoms with E-state index >= 15 is 0 Å². The van der Waals surface area contributed by atoms with Gasteiger partial charge in [0.15, 0.2) is 0 Å². The number of nitrogens with zero attached hydrogens (tertiary/aromatic N) is 2. The molecule has 2 saturated heterocycles. The van der Waals surface area contributed by atoms with Crippen molar-refractivity contribution in [1.82, 2.24) is 10.2 Å². The summed E-state index contributed by atoms with van der Waals surface area (Å²) in [5, 5.41) is 12.2. The third-order valence-electron chi connectivity index (χ3n) is 3.61. The molecule has 2 rings (SSSR count). The Bertz CT molecular complexity index is 315. The lowest BCUT2D eigenvalue weighted by Gasteiger charge is -2.19. The summed E-state index contributed by atoms with van der Waals surface area (Å²) in [7, 11) is 0. The zero-order chi connectivity index (χ0) is 12.8. The normalized spacial score (nSPS) is 25.1. The fraction of sp³-hybridized carbons (Fsp3) is 0.846. The molecule has 0 bridgehead atoms. The maximum absolute atomic E-state index is 11.9. The summed E-state index contributed by atoms with van der Waals surface area (Å²) < 4.78 is 5.49. The number of ether oxygens (including phenoxy) is 1. The van der Waals surface area contributed by atoms with Crippen LogP contribution >= 0.6 is 0 Å². The van der Waals surface area contributed by atoms with Crippen LogP contribution in [0.15, 0.2) is 0 Å². The van der Waals surface area contributed by atoms with Gasteiger partial charge in [-0.25, -0.2) is 0 Å². The molecule has 18 heavy (non-hydrogen) atoms. The molecular weight excluding hydrogens is 230 g/mol. The van der Waals surface area contributed by atoms with Crippen molar-refractivity contribution in [3.05, 3.63) is 0 Å². The molecule has 1 amide bonds. The average Bonchev–Trinajstić information content (AvgIpc) is 3.05. The summed E-state index contributed by atoms with van der Waals surface area (Å²) in [6, 6.07) is 1.78. The van der Waals surface area contributed by atoms with Crippen molar-refractivity contribution < 1.29 is 9.53 Å². The molecule has 0 aromatic heterocycles. The van der Waals surface area contributed by atoms with E-state index in [1.165, 1.54) is 0 Å². The van der Waals surface area contributed by atoms with Gasteiger partial charge >= 0.3 is 0 Å². The number of nitriles is 1. The smallest absolute Gasteiger partial charge is 0.225 e. The Balaban J connectivity index is 1.70. The summed E-state index contributed by atoms with van der Waals surface area (Å²) >= 11 is 0. The van der Waals surface area contributed by atoms with Crippen LogP contribution in [0.1, 0.15) is 32.1 Å². The van der Waals surface area contributed by atoms with Crippen LogP contribution in [0.2, 0.25) is 0 Å². The van der Waals surface area contributed by atoms with E-state index in [9.17, 15) is 4.79 Å². The van der Waals surface area contributed by atoms with E-state index in [0.717, 1.165) is 45.4 Å². The standard InChI is InChI=1S/C13H21N3O2/c14-9-11(15-10-12-4-3-7-18-12)8-13(17)16-5-1-2-6-16/h11-12,15H,1-8,10H2. The van der Waals surface area contributed by atoms with Crippen LogP contribution in [-0.2, 0) is 9.53 Å². The molecule has 2 aliphatic rings. The van der Waals surface area contributed by atoms with Crippen molar-refractivity contribution in [1.29, 1.82) is 5.26 Å². The number of carbonyl (C=O) groups is 1. The lowest BCUT2D eigenvalue weighted by Crippen LogP contribution is -2.39. The molecule has 5 nitrogen and oxygen atoms in total. The van der Waals surface area contributed by atoms with Crippen molar-refractivity contribution in [2.75, 3.05) is 26.2 Å². The van der Waals surface area contributed by atoms with Crippen LogP contribution < -0.4 is 5.32 Å².